The number of aliphatic hydroxyl groups excluding tert-OH is 1. The summed E-state index contributed by atoms with van der Waals surface area (Å²) in [7, 11) is 0. The molecule has 29 heavy (non-hydrogen) atoms. The maximum absolute atomic E-state index is 14.5. The Morgan fingerprint density at radius 1 is 0.931 bits per heavy atom. The second-order valence-electron chi connectivity index (χ2n) is 8.82. The first-order valence-corrected chi connectivity index (χ1v) is 10.9. The van der Waals surface area contributed by atoms with Gasteiger partial charge in [-0.1, -0.05) is 55.3 Å². The molecule has 0 spiro atoms. The molecule has 0 aromatic heterocycles. The Morgan fingerprint density at radius 2 is 1.62 bits per heavy atom. The zero-order chi connectivity index (χ0) is 19.4. The highest BCUT2D eigenvalue weighted by atomic mass is 35.5. The van der Waals surface area contributed by atoms with Crippen LogP contribution in [0.4, 0.5) is 4.39 Å². The second-order valence-corrected chi connectivity index (χ2v) is 8.82. The molecule has 2 aromatic rings. The third-order valence-electron chi connectivity index (χ3n) is 6.81. The lowest BCUT2D eigenvalue weighted by Gasteiger charge is -2.32. The van der Waals surface area contributed by atoms with Gasteiger partial charge in [0.15, 0.2) is 0 Å². The van der Waals surface area contributed by atoms with Crippen molar-refractivity contribution in [3.05, 3.63) is 71.0 Å². The molecule has 0 aliphatic heterocycles. The van der Waals surface area contributed by atoms with Crippen molar-refractivity contribution in [2.75, 3.05) is 0 Å². The van der Waals surface area contributed by atoms with Gasteiger partial charge >= 0.3 is 0 Å². The van der Waals surface area contributed by atoms with Crippen molar-refractivity contribution in [1.82, 2.24) is 5.32 Å². The van der Waals surface area contributed by atoms with Gasteiger partial charge in [0.25, 0.3) is 0 Å². The maximum Gasteiger partial charge on any atom is 0.128 e. The lowest BCUT2D eigenvalue weighted by molar-refractivity contribution is 0.109. The summed E-state index contributed by atoms with van der Waals surface area (Å²) in [6.07, 6.45) is 9.43. The van der Waals surface area contributed by atoms with Crippen molar-refractivity contribution in [2.45, 2.75) is 76.0 Å². The van der Waals surface area contributed by atoms with E-state index in [0.717, 1.165) is 69.9 Å². The van der Waals surface area contributed by atoms with Crippen LogP contribution >= 0.6 is 12.4 Å². The fraction of sp³-hybridized carbons (Fsp3) is 0.520. The van der Waals surface area contributed by atoms with Gasteiger partial charge in [0, 0.05) is 17.6 Å². The standard InChI is InChI=1S/C25H32FNO.ClH/c26-24-9-2-1-8-23(24)25(14-3-4-15-25)27-18-21-7-5-6-20(17-21)16-19-10-12-22(28)13-11-19;/h1-2,5-9,17,19,22,27-28H,3-4,10-16,18H2;1H. The molecule has 4 rings (SSSR count). The zero-order valence-corrected chi connectivity index (χ0v) is 17.9. The summed E-state index contributed by atoms with van der Waals surface area (Å²) in [5, 5.41) is 13.4. The van der Waals surface area contributed by atoms with E-state index in [9.17, 15) is 9.50 Å². The molecule has 0 unspecified atom stereocenters. The molecule has 2 saturated carbocycles. The van der Waals surface area contributed by atoms with E-state index in [1.807, 2.05) is 12.1 Å². The van der Waals surface area contributed by atoms with Crippen LogP contribution in [0.3, 0.4) is 0 Å². The van der Waals surface area contributed by atoms with Gasteiger partial charge in [-0.05, 0) is 68.1 Å². The highest BCUT2D eigenvalue weighted by molar-refractivity contribution is 5.85. The van der Waals surface area contributed by atoms with E-state index in [1.165, 1.54) is 11.1 Å². The van der Waals surface area contributed by atoms with Crippen LogP contribution in [-0.2, 0) is 18.5 Å². The van der Waals surface area contributed by atoms with Gasteiger partial charge in [-0.15, -0.1) is 12.4 Å². The Labute approximate surface area is 180 Å². The molecule has 158 valence electrons. The van der Waals surface area contributed by atoms with Crippen molar-refractivity contribution < 1.29 is 9.50 Å². The number of hydrogen-bond donors (Lipinski definition) is 2. The van der Waals surface area contributed by atoms with Gasteiger partial charge in [0.1, 0.15) is 5.82 Å². The average molecular weight is 418 g/mol. The smallest absolute Gasteiger partial charge is 0.128 e. The normalized spacial score (nSPS) is 23.5. The second kappa shape index (κ2) is 10.1. The summed E-state index contributed by atoms with van der Waals surface area (Å²) in [6, 6.07) is 16.1. The van der Waals surface area contributed by atoms with Gasteiger partial charge < -0.3 is 10.4 Å². The molecule has 2 aliphatic rings. The van der Waals surface area contributed by atoms with Crippen molar-refractivity contribution >= 4 is 12.4 Å². The highest BCUT2D eigenvalue weighted by Gasteiger charge is 2.36. The number of nitrogens with one attached hydrogen (secondary N) is 1. The summed E-state index contributed by atoms with van der Waals surface area (Å²) < 4.78 is 14.5. The first kappa shape index (κ1) is 22.3. The number of benzene rings is 2. The minimum atomic E-state index is -0.235. The SMILES string of the molecule is Cl.OC1CCC(Cc2cccc(CNC3(c4ccccc4F)CCCC3)c2)CC1. The lowest BCUT2D eigenvalue weighted by Crippen LogP contribution is -2.40. The molecule has 0 radical (unpaired) electrons. The first-order chi connectivity index (χ1) is 13.6. The van der Waals surface area contributed by atoms with Gasteiger partial charge in [-0.3, -0.25) is 0 Å². The van der Waals surface area contributed by atoms with Crippen molar-refractivity contribution in [1.29, 1.82) is 0 Å². The zero-order valence-electron chi connectivity index (χ0n) is 17.1. The van der Waals surface area contributed by atoms with E-state index in [1.54, 1.807) is 12.1 Å². The molecular formula is C25H33ClFNO. The van der Waals surface area contributed by atoms with Crippen LogP contribution in [0.1, 0.15) is 68.1 Å². The highest BCUT2D eigenvalue weighted by Crippen LogP contribution is 2.40. The first-order valence-electron chi connectivity index (χ1n) is 10.9. The summed E-state index contributed by atoms with van der Waals surface area (Å²) >= 11 is 0. The van der Waals surface area contributed by atoms with Gasteiger partial charge in [0.2, 0.25) is 0 Å². The average Bonchev–Trinajstić information content (AvgIpc) is 3.19. The molecule has 2 nitrogen and oxygen atoms in total. The number of halogens is 2. The summed E-state index contributed by atoms with van der Waals surface area (Å²) in [5.74, 6) is 0.594. The molecule has 4 heteroatoms. The molecule has 2 fully saturated rings. The number of rotatable bonds is 6. The van der Waals surface area contributed by atoms with Gasteiger partial charge in [0.05, 0.1) is 6.10 Å². The van der Waals surface area contributed by atoms with E-state index >= 15 is 0 Å². The van der Waals surface area contributed by atoms with Crippen LogP contribution in [0.25, 0.3) is 0 Å². The van der Waals surface area contributed by atoms with Crippen LogP contribution in [0.5, 0.6) is 0 Å². The van der Waals surface area contributed by atoms with Crippen LogP contribution in [-0.4, -0.2) is 11.2 Å². The van der Waals surface area contributed by atoms with Crippen LogP contribution < -0.4 is 5.32 Å². The Hall–Kier alpha value is -1.42. The quantitative estimate of drug-likeness (QED) is 0.613. The molecule has 0 amide bonds. The molecule has 2 aromatic carbocycles. The van der Waals surface area contributed by atoms with Crippen LogP contribution in [0.15, 0.2) is 48.5 Å². The Morgan fingerprint density at radius 3 is 2.34 bits per heavy atom. The third-order valence-corrected chi connectivity index (χ3v) is 6.81. The summed E-state index contributed by atoms with van der Waals surface area (Å²) in [6.45, 7) is 0.769. The predicted octanol–water partition coefficient (Wildman–Crippen LogP) is 5.90. The van der Waals surface area contributed by atoms with Crippen LogP contribution in [0.2, 0.25) is 0 Å². The van der Waals surface area contributed by atoms with E-state index < -0.39 is 0 Å². The number of aliphatic hydroxyl groups is 1. The Bertz CT molecular complexity index is 782. The fourth-order valence-electron chi connectivity index (χ4n) is 5.19. The number of hydrogen-bond acceptors (Lipinski definition) is 2. The van der Waals surface area contributed by atoms with E-state index in [2.05, 4.69) is 29.6 Å². The predicted molar refractivity (Wildman–Crippen MR) is 119 cm³/mol. The molecule has 2 N–H and O–H groups in total. The maximum atomic E-state index is 14.5. The minimum absolute atomic E-state index is 0. The fourth-order valence-corrected chi connectivity index (χ4v) is 5.19. The largest absolute Gasteiger partial charge is 0.393 e. The molecule has 0 atom stereocenters. The lowest BCUT2D eigenvalue weighted by atomic mass is 9.83. The Kier molecular flexibility index (Phi) is 7.72. The molecular weight excluding hydrogens is 385 g/mol. The van der Waals surface area contributed by atoms with Crippen molar-refractivity contribution in [3.8, 4) is 0 Å². The summed E-state index contributed by atoms with van der Waals surface area (Å²) in [4.78, 5) is 0. The third kappa shape index (κ3) is 5.39. The van der Waals surface area contributed by atoms with Gasteiger partial charge in [-0.25, -0.2) is 4.39 Å². The van der Waals surface area contributed by atoms with E-state index in [4.69, 9.17) is 0 Å². The molecule has 2 aliphatic carbocycles. The van der Waals surface area contributed by atoms with Crippen molar-refractivity contribution in [3.63, 3.8) is 0 Å². The molecule has 0 saturated heterocycles. The molecule has 0 bridgehead atoms. The van der Waals surface area contributed by atoms with E-state index in [-0.39, 0.29) is 29.9 Å². The molecule has 0 heterocycles. The van der Waals surface area contributed by atoms with E-state index in [0.29, 0.717) is 5.92 Å². The summed E-state index contributed by atoms with van der Waals surface area (Å²) in [5.41, 5.74) is 3.24. The monoisotopic (exact) mass is 417 g/mol. The van der Waals surface area contributed by atoms with Gasteiger partial charge in [-0.2, -0.15) is 0 Å². The minimum Gasteiger partial charge on any atom is -0.393 e. The topological polar surface area (TPSA) is 32.3 Å². The van der Waals surface area contributed by atoms with Crippen molar-refractivity contribution in [2.24, 2.45) is 5.92 Å². The Balaban J connectivity index is 0.00000240. The van der Waals surface area contributed by atoms with Crippen LogP contribution in [0, 0.1) is 11.7 Å².